The van der Waals surface area contributed by atoms with Crippen molar-refractivity contribution in [2.75, 3.05) is 26.3 Å². The van der Waals surface area contributed by atoms with E-state index in [4.69, 9.17) is 9.47 Å². The van der Waals surface area contributed by atoms with Crippen LogP contribution in [0.25, 0.3) is 0 Å². The molecule has 2 aliphatic heterocycles. The molecule has 0 saturated carbocycles. The van der Waals surface area contributed by atoms with Crippen molar-refractivity contribution in [3.8, 4) is 11.5 Å². The average molecular weight is 221 g/mol. The molecule has 86 valence electrons. The molecule has 4 nitrogen and oxygen atoms in total. The second-order valence-corrected chi connectivity index (χ2v) is 4.48. The molecule has 0 aliphatic carbocycles. The van der Waals surface area contributed by atoms with Gasteiger partial charge in [-0.3, -0.25) is 0 Å². The van der Waals surface area contributed by atoms with Gasteiger partial charge in [0.25, 0.3) is 0 Å². The van der Waals surface area contributed by atoms with Gasteiger partial charge in [0.05, 0.1) is 5.60 Å². The first kappa shape index (κ1) is 9.93. The summed E-state index contributed by atoms with van der Waals surface area (Å²) >= 11 is 0. The molecular weight excluding hydrogens is 206 g/mol. The summed E-state index contributed by atoms with van der Waals surface area (Å²) in [6.07, 6.45) is 0.663. The van der Waals surface area contributed by atoms with Gasteiger partial charge in [-0.15, -0.1) is 0 Å². The molecule has 0 atom stereocenters. The van der Waals surface area contributed by atoms with Gasteiger partial charge in [0, 0.05) is 19.5 Å². The molecule has 0 bridgehead atoms. The fourth-order valence-corrected chi connectivity index (χ4v) is 2.12. The lowest BCUT2D eigenvalue weighted by Crippen LogP contribution is -2.60. The van der Waals surface area contributed by atoms with Crippen molar-refractivity contribution < 1.29 is 14.6 Å². The van der Waals surface area contributed by atoms with Crippen LogP contribution < -0.4 is 14.8 Å². The SMILES string of the molecule is OC1(Cc2ccc3c(c2)OCCO3)CNC1. The van der Waals surface area contributed by atoms with Crippen LogP contribution in [0.15, 0.2) is 18.2 Å². The van der Waals surface area contributed by atoms with Crippen LogP contribution in [0, 0.1) is 0 Å². The normalized spacial score (nSPS) is 21.3. The van der Waals surface area contributed by atoms with Crippen molar-refractivity contribution in [1.82, 2.24) is 5.32 Å². The molecule has 3 rings (SSSR count). The third kappa shape index (κ3) is 1.74. The summed E-state index contributed by atoms with van der Waals surface area (Å²) in [5.74, 6) is 1.59. The summed E-state index contributed by atoms with van der Waals surface area (Å²) in [7, 11) is 0. The third-order valence-electron chi connectivity index (χ3n) is 3.05. The molecule has 1 saturated heterocycles. The van der Waals surface area contributed by atoms with Crippen LogP contribution in [-0.4, -0.2) is 37.0 Å². The maximum atomic E-state index is 10.0. The van der Waals surface area contributed by atoms with Gasteiger partial charge in [0.2, 0.25) is 0 Å². The fraction of sp³-hybridized carbons (Fsp3) is 0.500. The fourth-order valence-electron chi connectivity index (χ4n) is 2.12. The van der Waals surface area contributed by atoms with Gasteiger partial charge in [-0.05, 0) is 17.7 Å². The Morgan fingerprint density at radius 1 is 1.19 bits per heavy atom. The van der Waals surface area contributed by atoms with Crippen LogP contribution >= 0.6 is 0 Å². The van der Waals surface area contributed by atoms with E-state index >= 15 is 0 Å². The number of nitrogens with one attached hydrogen (secondary N) is 1. The lowest BCUT2D eigenvalue weighted by atomic mass is 9.89. The summed E-state index contributed by atoms with van der Waals surface area (Å²) in [5, 5.41) is 13.1. The predicted octanol–water partition coefficient (Wildman–Crippen LogP) is 0.335. The van der Waals surface area contributed by atoms with Crippen molar-refractivity contribution in [2.45, 2.75) is 12.0 Å². The van der Waals surface area contributed by atoms with Crippen molar-refractivity contribution >= 4 is 0 Å². The molecule has 4 heteroatoms. The topological polar surface area (TPSA) is 50.7 Å². The van der Waals surface area contributed by atoms with Gasteiger partial charge >= 0.3 is 0 Å². The number of β-amino-alcohol motifs (C(OH)–C–C–N with tert-alkyl or cyclic N) is 1. The Bertz CT molecular complexity index is 401. The molecule has 0 amide bonds. The van der Waals surface area contributed by atoms with E-state index in [1.165, 1.54) is 0 Å². The first-order valence-electron chi connectivity index (χ1n) is 5.57. The molecule has 1 aromatic rings. The van der Waals surface area contributed by atoms with Gasteiger partial charge in [0.1, 0.15) is 13.2 Å². The Morgan fingerprint density at radius 3 is 2.62 bits per heavy atom. The van der Waals surface area contributed by atoms with Crippen LogP contribution in [0.5, 0.6) is 11.5 Å². The second kappa shape index (κ2) is 3.64. The average Bonchev–Trinajstić information content (AvgIpc) is 2.27. The summed E-state index contributed by atoms with van der Waals surface area (Å²) in [6, 6.07) is 5.87. The van der Waals surface area contributed by atoms with Crippen LogP contribution in [0.1, 0.15) is 5.56 Å². The smallest absolute Gasteiger partial charge is 0.161 e. The number of rotatable bonds is 2. The quantitative estimate of drug-likeness (QED) is 0.756. The van der Waals surface area contributed by atoms with E-state index < -0.39 is 5.60 Å². The molecule has 0 aromatic heterocycles. The molecule has 2 aliphatic rings. The predicted molar refractivity (Wildman–Crippen MR) is 59.0 cm³/mol. The minimum Gasteiger partial charge on any atom is -0.486 e. The highest BCUT2D eigenvalue weighted by Gasteiger charge is 2.34. The highest BCUT2D eigenvalue weighted by Crippen LogP contribution is 2.32. The first-order chi connectivity index (χ1) is 7.75. The molecule has 1 fully saturated rings. The molecule has 2 heterocycles. The molecule has 0 spiro atoms. The molecule has 0 unspecified atom stereocenters. The highest BCUT2D eigenvalue weighted by atomic mass is 16.6. The van der Waals surface area contributed by atoms with E-state index in [0.29, 0.717) is 32.7 Å². The molecule has 2 N–H and O–H groups in total. The Morgan fingerprint density at radius 2 is 1.94 bits per heavy atom. The number of hydrogen-bond acceptors (Lipinski definition) is 4. The molecule has 0 radical (unpaired) electrons. The van der Waals surface area contributed by atoms with Crippen LogP contribution in [0.3, 0.4) is 0 Å². The minimum absolute atomic E-state index is 0.580. The van der Waals surface area contributed by atoms with E-state index in [1.807, 2.05) is 18.2 Å². The number of fused-ring (bicyclic) bond motifs is 1. The molecule has 1 aromatic carbocycles. The zero-order valence-corrected chi connectivity index (χ0v) is 9.03. The van der Waals surface area contributed by atoms with Gasteiger partial charge in [0.15, 0.2) is 11.5 Å². The van der Waals surface area contributed by atoms with Crippen LogP contribution in [0.4, 0.5) is 0 Å². The van der Waals surface area contributed by atoms with Crippen molar-refractivity contribution in [2.24, 2.45) is 0 Å². The number of ether oxygens (including phenoxy) is 2. The number of hydrogen-bond donors (Lipinski definition) is 2. The van der Waals surface area contributed by atoms with E-state index in [9.17, 15) is 5.11 Å². The van der Waals surface area contributed by atoms with Crippen molar-refractivity contribution in [3.05, 3.63) is 23.8 Å². The standard InChI is InChI=1S/C12H15NO3/c14-12(7-13-8-12)6-9-1-2-10-11(5-9)16-4-3-15-10/h1-2,5,13-14H,3-4,6-8H2. The lowest BCUT2D eigenvalue weighted by molar-refractivity contribution is -0.00909. The Labute approximate surface area is 94.2 Å². The lowest BCUT2D eigenvalue weighted by Gasteiger charge is -2.37. The summed E-state index contributed by atoms with van der Waals surface area (Å²) < 4.78 is 11.0. The monoisotopic (exact) mass is 221 g/mol. The van der Waals surface area contributed by atoms with Gasteiger partial charge in [-0.1, -0.05) is 6.07 Å². The number of benzene rings is 1. The summed E-state index contributed by atoms with van der Waals surface area (Å²) in [6.45, 7) is 2.55. The van der Waals surface area contributed by atoms with Crippen molar-refractivity contribution in [3.63, 3.8) is 0 Å². The Hall–Kier alpha value is -1.26. The van der Waals surface area contributed by atoms with Crippen LogP contribution in [-0.2, 0) is 6.42 Å². The van der Waals surface area contributed by atoms with E-state index in [1.54, 1.807) is 0 Å². The highest BCUT2D eigenvalue weighted by molar-refractivity contribution is 5.44. The summed E-state index contributed by atoms with van der Waals surface area (Å²) in [5.41, 5.74) is 0.511. The molecular formula is C12H15NO3. The second-order valence-electron chi connectivity index (χ2n) is 4.48. The van der Waals surface area contributed by atoms with Crippen LogP contribution in [0.2, 0.25) is 0 Å². The van der Waals surface area contributed by atoms with E-state index in [2.05, 4.69) is 5.32 Å². The van der Waals surface area contributed by atoms with Gasteiger partial charge in [-0.25, -0.2) is 0 Å². The molecule has 16 heavy (non-hydrogen) atoms. The zero-order valence-electron chi connectivity index (χ0n) is 9.03. The van der Waals surface area contributed by atoms with Gasteiger partial charge in [-0.2, -0.15) is 0 Å². The Balaban J connectivity index is 1.80. The van der Waals surface area contributed by atoms with E-state index in [0.717, 1.165) is 17.1 Å². The van der Waals surface area contributed by atoms with Gasteiger partial charge < -0.3 is 19.9 Å². The largest absolute Gasteiger partial charge is 0.486 e. The van der Waals surface area contributed by atoms with E-state index in [-0.39, 0.29) is 0 Å². The first-order valence-corrected chi connectivity index (χ1v) is 5.57. The number of aliphatic hydroxyl groups is 1. The summed E-state index contributed by atoms with van der Waals surface area (Å²) in [4.78, 5) is 0. The third-order valence-corrected chi connectivity index (χ3v) is 3.05. The zero-order chi connectivity index (χ0) is 11.0. The Kier molecular flexibility index (Phi) is 2.26. The minimum atomic E-state index is -0.580. The maximum Gasteiger partial charge on any atom is 0.161 e. The maximum absolute atomic E-state index is 10.0. The van der Waals surface area contributed by atoms with Crippen molar-refractivity contribution in [1.29, 1.82) is 0 Å².